The van der Waals surface area contributed by atoms with Crippen molar-refractivity contribution in [1.82, 2.24) is 10.6 Å². The van der Waals surface area contributed by atoms with Crippen LogP contribution >= 0.6 is 0 Å². The largest absolute Gasteiger partial charge is 0.374 e. The Balaban J connectivity index is 1.61. The van der Waals surface area contributed by atoms with Crippen LogP contribution in [0, 0.1) is 5.92 Å². The van der Waals surface area contributed by atoms with Crippen LogP contribution < -0.4 is 10.6 Å². The third kappa shape index (κ3) is 2.94. The van der Waals surface area contributed by atoms with Crippen LogP contribution in [0.4, 0.5) is 0 Å². The molecule has 0 aromatic rings. The van der Waals surface area contributed by atoms with Crippen molar-refractivity contribution in [2.75, 3.05) is 26.2 Å². The van der Waals surface area contributed by atoms with E-state index in [0.717, 1.165) is 38.2 Å². The molecule has 1 aliphatic carbocycles. The standard InChI is InChI=1S/C11H22N2O/c1-9-2-3-10(6-9)13-8-11-7-12-4-5-14-11/h9-13H,2-8H2,1H3. The summed E-state index contributed by atoms with van der Waals surface area (Å²) in [5.74, 6) is 0.915. The molecule has 2 fully saturated rings. The molecule has 1 aliphatic heterocycles. The fourth-order valence-electron chi connectivity index (χ4n) is 2.44. The molecule has 1 saturated heterocycles. The predicted octanol–water partition coefficient (Wildman–Crippen LogP) is 0.753. The maximum atomic E-state index is 5.64. The van der Waals surface area contributed by atoms with Gasteiger partial charge in [0.2, 0.25) is 0 Å². The summed E-state index contributed by atoms with van der Waals surface area (Å²) in [4.78, 5) is 0. The van der Waals surface area contributed by atoms with Crippen LogP contribution in [-0.4, -0.2) is 38.4 Å². The number of ether oxygens (including phenoxy) is 1. The van der Waals surface area contributed by atoms with E-state index in [2.05, 4.69) is 17.6 Å². The van der Waals surface area contributed by atoms with Crippen molar-refractivity contribution in [3.8, 4) is 0 Å². The van der Waals surface area contributed by atoms with E-state index >= 15 is 0 Å². The quantitative estimate of drug-likeness (QED) is 0.702. The summed E-state index contributed by atoms with van der Waals surface area (Å²) in [5.41, 5.74) is 0. The van der Waals surface area contributed by atoms with Crippen molar-refractivity contribution in [3.63, 3.8) is 0 Å². The molecule has 0 amide bonds. The molecule has 0 radical (unpaired) electrons. The zero-order valence-corrected chi connectivity index (χ0v) is 9.09. The summed E-state index contributed by atoms with van der Waals surface area (Å²) in [5, 5.41) is 6.97. The van der Waals surface area contributed by atoms with E-state index in [1.807, 2.05) is 0 Å². The third-order valence-electron chi connectivity index (χ3n) is 3.33. The van der Waals surface area contributed by atoms with E-state index in [-0.39, 0.29) is 0 Å². The number of hydrogen-bond donors (Lipinski definition) is 2. The lowest BCUT2D eigenvalue weighted by atomic mass is 10.1. The SMILES string of the molecule is CC1CCC(NCC2CNCCO2)C1. The Morgan fingerprint density at radius 1 is 1.43 bits per heavy atom. The number of nitrogens with one attached hydrogen (secondary N) is 2. The first-order chi connectivity index (χ1) is 6.84. The fraction of sp³-hybridized carbons (Fsp3) is 1.00. The van der Waals surface area contributed by atoms with Crippen LogP contribution in [0.1, 0.15) is 26.2 Å². The Hall–Kier alpha value is -0.120. The average molecular weight is 198 g/mol. The summed E-state index contributed by atoms with van der Waals surface area (Å²) in [6.07, 6.45) is 4.47. The molecule has 0 aromatic heterocycles. The number of morpholine rings is 1. The summed E-state index contributed by atoms with van der Waals surface area (Å²) in [6.45, 7) is 6.25. The van der Waals surface area contributed by atoms with E-state index < -0.39 is 0 Å². The van der Waals surface area contributed by atoms with Gasteiger partial charge in [0.15, 0.2) is 0 Å². The maximum absolute atomic E-state index is 5.64. The van der Waals surface area contributed by atoms with Gasteiger partial charge in [0, 0.05) is 25.7 Å². The van der Waals surface area contributed by atoms with Gasteiger partial charge in [-0.3, -0.25) is 0 Å². The Kier molecular flexibility index (Phi) is 3.79. The normalized spacial score (nSPS) is 38.8. The highest BCUT2D eigenvalue weighted by molar-refractivity contribution is 4.80. The second-order valence-corrected chi connectivity index (χ2v) is 4.72. The molecule has 1 saturated carbocycles. The molecule has 2 aliphatic rings. The molecule has 3 unspecified atom stereocenters. The first kappa shape index (κ1) is 10.4. The van der Waals surface area contributed by atoms with Crippen molar-refractivity contribution in [2.24, 2.45) is 5.92 Å². The van der Waals surface area contributed by atoms with Gasteiger partial charge >= 0.3 is 0 Å². The van der Waals surface area contributed by atoms with Gasteiger partial charge in [-0.15, -0.1) is 0 Å². The predicted molar refractivity (Wildman–Crippen MR) is 57.4 cm³/mol. The number of rotatable bonds is 3. The van der Waals surface area contributed by atoms with Gasteiger partial charge in [-0.05, 0) is 25.2 Å². The Morgan fingerprint density at radius 3 is 3.00 bits per heavy atom. The summed E-state index contributed by atoms with van der Waals surface area (Å²) < 4.78 is 5.64. The van der Waals surface area contributed by atoms with Gasteiger partial charge in [0.25, 0.3) is 0 Å². The molecule has 3 heteroatoms. The molecule has 0 aromatic carbocycles. The zero-order valence-electron chi connectivity index (χ0n) is 9.09. The summed E-state index contributed by atoms with van der Waals surface area (Å²) in [7, 11) is 0. The molecule has 82 valence electrons. The molecule has 0 spiro atoms. The van der Waals surface area contributed by atoms with E-state index in [0.29, 0.717) is 6.10 Å². The van der Waals surface area contributed by atoms with E-state index in [9.17, 15) is 0 Å². The Labute approximate surface area is 86.6 Å². The van der Waals surface area contributed by atoms with Gasteiger partial charge in [-0.1, -0.05) is 6.92 Å². The number of hydrogen-bond acceptors (Lipinski definition) is 3. The summed E-state index contributed by atoms with van der Waals surface area (Å²) >= 11 is 0. The van der Waals surface area contributed by atoms with E-state index in [1.54, 1.807) is 0 Å². The summed E-state index contributed by atoms with van der Waals surface area (Å²) in [6, 6.07) is 0.746. The van der Waals surface area contributed by atoms with Crippen molar-refractivity contribution in [3.05, 3.63) is 0 Å². The molecule has 2 N–H and O–H groups in total. The van der Waals surface area contributed by atoms with Gasteiger partial charge in [0.05, 0.1) is 12.7 Å². The van der Waals surface area contributed by atoms with Gasteiger partial charge in [-0.2, -0.15) is 0 Å². The lowest BCUT2D eigenvalue weighted by Gasteiger charge is -2.25. The van der Waals surface area contributed by atoms with E-state index in [1.165, 1.54) is 19.3 Å². The minimum atomic E-state index is 0.389. The fourth-order valence-corrected chi connectivity index (χ4v) is 2.44. The third-order valence-corrected chi connectivity index (χ3v) is 3.33. The monoisotopic (exact) mass is 198 g/mol. The molecular formula is C11H22N2O. The van der Waals surface area contributed by atoms with Crippen molar-refractivity contribution in [2.45, 2.75) is 38.3 Å². The minimum absolute atomic E-state index is 0.389. The average Bonchev–Trinajstić information content (AvgIpc) is 2.63. The Morgan fingerprint density at radius 2 is 2.36 bits per heavy atom. The van der Waals surface area contributed by atoms with Crippen LogP contribution in [0.5, 0.6) is 0 Å². The Bertz CT molecular complexity index is 164. The second kappa shape index (κ2) is 5.10. The van der Waals surface area contributed by atoms with Crippen LogP contribution in [0.2, 0.25) is 0 Å². The molecular weight excluding hydrogens is 176 g/mol. The van der Waals surface area contributed by atoms with Gasteiger partial charge in [0.1, 0.15) is 0 Å². The smallest absolute Gasteiger partial charge is 0.0824 e. The van der Waals surface area contributed by atoms with E-state index in [4.69, 9.17) is 4.74 Å². The van der Waals surface area contributed by atoms with Crippen LogP contribution in [0.3, 0.4) is 0 Å². The molecule has 2 rings (SSSR count). The molecule has 1 heterocycles. The van der Waals surface area contributed by atoms with Crippen molar-refractivity contribution in [1.29, 1.82) is 0 Å². The van der Waals surface area contributed by atoms with Crippen LogP contribution in [-0.2, 0) is 4.74 Å². The molecule has 3 atom stereocenters. The van der Waals surface area contributed by atoms with Crippen LogP contribution in [0.25, 0.3) is 0 Å². The highest BCUT2D eigenvalue weighted by Crippen LogP contribution is 2.24. The first-order valence-electron chi connectivity index (χ1n) is 5.90. The second-order valence-electron chi connectivity index (χ2n) is 4.72. The molecule has 14 heavy (non-hydrogen) atoms. The molecule has 0 bridgehead atoms. The topological polar surface area (TPSA) is 33.3 Å². The van der Waals surface area contributed by atoms with Gasteiger partial charge < -0.3 is 15.4 Å². The van der Waals surface area contributed by atoms with Gasteiger partial charge in [-0.25, -0.2) is 0 Å². The lowest BCUT2D eigenvalue weighted by Crippen LogP contribution is -2.45. The maximum Gasteiger partial charge on any atom is 0.0824 e. The van der Waals surface area contributed by atoms with Crippen molar-refractivity contribution >= 4 is 0 Å². The zero-order chi connectivity index (χ0) is 9.80. The highest BCUT2D eigenvalue weighted by Gasteiger charge is 2.22. The molecule has 3 nitrogen and oxygen atoms in total. The van der Waals surface area contributed by atoms with Crippen molar-refractivity contribution < 1.29 is 4.74 Å². The first-order valence-corrected chi connectivity index (χ1v) is 5.90. The minimum Gasteiger partial charge on any atom is -0.374 e. The highest BCUT2D eigenvalue weighted by atomic mass is 16.5. The lowest BCUT2D eigenvalue weighted by molar-refractivity contribution is 0.0276. The van der Waals surface area contributed by atoms with Crippen LogP contribution in [0.15, 0.2) is 0 Å².